The van der Waals surface area contributed by atoms with Crippen molar-refractivity contribution in [2.45, 2.75) is 25.4 Å². The van der Waals surface area contributed by atoms with Crippen molar-refractivity contribution in [3.05, 3.63) is 35.4 Å². The third-order valence-corrected chi connectivity index (χ3v) is 3.31. The molecule has 0 spiro atoms. The van der Waals surface area contributed by atoms with E-state index in [1.54, 1.807) is 4.90 Å². The highest BCUT2D eigenvalue weighted by atomic mass is 16.2. The number of nitrogens with two attached hydrogens (primary N) is 2. The Kier molecular flexibility index (Phi) is 3.45. The van der Waals surface area contributed by atoms with Gasteiger partial charge < -0.3 is 16.4 Å². The molecule has 4 nitrogen and oxygen atoms in total. The molecule has 17 heavy (non-hydrogen) atoms. The molecule has 0 aromatic heterocycles. The molecule has 0 radical (unpaired) electrons. The van der Waals surface area contributed by atoms with Crippen LogP contribution in [0.1, 0.15) is 22.8 Å². The summed E-state index contributed by atoms with van der Waals surface area (Å²) in [5.74, 6) is 0.0241. The zero-order valence-corrected chi connectivity index (χ0v) is 10.1. The number of hydrogen-bond donors (Lipinski definition) is 2. The summed E-state index contributed by atoms with van der Waals surface area (Å²) in [5.41, 5.74) is 13.6. The standard InChI is InChI=1S/C13H19N3O/c1-2-9-3-5-10(6-4-9)13(17)16-7-11(14)12(15)8-16/h3-6,11-12H,2,7-8,14-15H2,1H3/t11-,12-/m0/s1. The molecule has 0 bridgehead atoms. The Morgan fingerprint density at radius 3 is 2.24 bits per heavy atom. The zero-order chi connectivity index (χ0) is 12.4. The van der Waals surface area contributed by atoms with E-state index in [2.05, 4.69) is 6.92 Å². The molecule has 4 heteroatoms. The molecule has 4 N–H and O–H groups in total. The fourth-order valence-corrected chi connectivity index (χ4v) is 2.09. The van der Waals surface area contributed by atoms with E-state index in [0.29, 0.717) is 18.7 Å². The largest absolute Gasteiger partial charge is 0.335 e. The summed E-state index contributed by atoms with van der Waals surface area (Å²) in [6.07, 6.45) is 0.980. The van der Waals surface area contributed by atoms with Crippen LogP contribution in [-0.4, -0.2) is 36.0 Å². The number of carbonyl (C=O) groups excluding carboxylic acids is 1. The van der Waals surface area contributed by atoms with Crippen molar-refractivity contribution in [3.8, 4) is 0 Å². The second kappa shape index (κ2) is 4.85. The SMILES string of the molecule is CCc1ccc(C(=O)N2C[C@H](N)[C@@H](N)C2)cc1. The van der Waals surface area contributed by atoms with Crippen molar-refractivity contribution in [2.24, 2.45) is 11.5 Å². The van der Waals surface area contributed by atoms with Gasteiger partial charge in [-0.25, -0.2) is 0 Å². The van der Waals surface area contributed by atoms with E-state index in [9.17, 15) is 4.79 Å². The van der Waals surface area contributed by atoms with Gasteiger partial charge in [-0.2, -0.15) is 0 Å². The maximum atomic E-state index is 12.2. The number of benzene rings is 1. The summed E-state index contributed by atoms with van der Waals surface area (Å²) < 4.78 is 0. The fourth-order valence-electron chi connectivity index (χ4n) is 2.09. The summed E-state index contributed by atoms with van der Waals surface area (Å²) in [4.78, 5) is 13.9. The quantitative estimate of drug-likeness (QED) is 0.774. The molecule has 0 saturated carbocycles. The lowest BCUT2D eigenvalue weighted by atomic mass is 10.1. The van der Waals surface area contributed by atoms with Gasteiger partial charge in [-0.3, -0.25) is 4.79 Å². The average Bonchev–Trinajstić information content (AvgIpc) is 2.69. The van der Waals surface area contributed by atoms with Crippen molar-refractivity contribution >= 4 is 5.91 Å². The maximum Gasteiger partial charge on any atom is 0.253 e. The van der Waals surface area contributed by atoms with Gasteiger partial charge in [0.1, 0.15) is 0 Å². The van der Waals surface area contributed by atoms with Crippen LogP contribution in [0.15, 0.2) is 24.3 Å². The van der Waals surface area contributed by atoms with Gasteiger partial charge in [0, 0.05) is 30.7 Å². The molecule has 1 amide bonds. The van der Waals surface area contributed by atoms with Crippen molar-refractivity contribution in [2.75, 3.05) is 13.1 Å². The van der Waals surface area contributed by atoms with Crippen molar-refractivity contribution < 1.29 is 4.79 Å². The molecule has 1 heterocycles. The van der Waals surface area contributed by atoms with Crippen LogP contribution in [0.25, 0.3) is 0 Å². The van der Waals surface area contributed by atoms with E-state index in [1.807, 2.05) is 24.3 Å². The molecular weight excluding hydrogens is 214 g/mol. The Labute approximate surface area is 102 Å². The van der Waals surface area contributed by atoms with Crippen LogP contribution in [-0.2, 0) is 6.42 Å². The molecule has 0 unspecified atom stereocenters. The number of amides is 1. The molecule has 2 rings (SSSR count). The predicted octanol–water partition coefficient (Wildman–Crippen LogP) is 0.359. The van der Waals surface area contributed by atoms with Crippen LogP contribution in [0.2, 0.25) is 0 Å². The summed E-state index contributed by atoms with van der Waals surface area (Å²) in [7, 11) is 0. The van der Waals surface area contributed by atoms with Gasteiger partial charge >= 0.3 is 0 Å². The van der Waals surface area contributed by atoms with Gasteiger partial charge in [0.2, 0.25) is 0 Å². The molecule has 1 aromatic carbocycles. The Morgan fingerprint density at radius 1 is 1.24 bits per heavy atom. The van der Waals surface area contributed by atoms with Crippen LogP contribution < -0.4 is 11.5 Å². The molecule has 1 fully saturated rings. The minimum atomic E-state index is -0.103. The first-order valence-corrected chi connectivity index (χ1v) is 6.01. The van der Waals surface area contributed by atoms with Crippen molar-refractivity contribution in [1.82, 2.24) is 4.90 Å². The van der Waals surface area contributed by atoms with E-state index < -0.39 is 0 Å². The molecule has 1 aliphatic heterocycles. The molecule has 0 aliphatic carbocycles. The normalized spacial score (nSPS) is 24.1. The number of hydrogen-bond acceptors (Lipinski definition) is 3. The smallest absolute Gasteiger partial charge is 0.253 e. The first-order valence-electron chi connectivity index (χ1n) is 6.01. The Bertz CT molecular complexity index is 392. The number of nitrogens with zero attached hydrogens (tertiary/aromatic N) is 1. The number of aryl methyl sites for hydroxylation is 1. The summed E-state index contributed by atoms with van der Waals surface area (Å²) in [6.45, 7) is 3.19. The Morgan fingerprint density at radius 2 is 1.76 bits per heavy atom. The second-order valence-electron chi connectivity index (χ2n) is 4.59. The summed E-state index contributed by atoms with van der Waals surface area (Å²) in [5, 5.41) is 0. The zero-order valence-electron chi connectivity index (χ0n) is 10.1. The van der Waals surface area contributed by atoms with Gasteiger partial charge in [0.15, 0.2) is 0 Å². The Balaban J connectivity index is 2.09. The number of rotatable bonds is 2. The molecule has 2 atom stereocenters. The third-order valence-electron chi connectivity index (χ3n) is 3.31. The van der Waals surface area contributed by atoms with E-state index in [-0.39, 0.29) is 18.0 Å². The van der Waals surface area contributed by atoms with Crippen LogP contribution in [0.5, 0.6) is 0 Å². The lowest BCUT2D eigenvalue weighted by Crippen LogP contribution is -2.39. The molecule has 1 saturated heterocycles. The molecule has 92 valence electrons. The monoisotopic (exact) mass is 233 g/mol. The van der Waals surface area contributed by atoms with E-state index >= 15 is 0 Å². The summed E-state index contributed by atoms with van der Waals surface area (Å²) >= 11 is 0. The molecule has 1 aliphatic rings. The van der Waals surface area contributed by atoms with E-state index in [0.717, 1.165) is 6.42 Å². The minimum Gasteiger partial charge on any atom is -0.335 e. The van der Waals surface area contributed by atoms with Crippen LogP contribution in [0.4, 0.5) is 0 Å². The highest BCUT2D eigenvalue weighted by Crippen LogP contribution is 2.13. The molecular formula is C13H19N3O. The lowest BCUT2D eigenvalue weighted by molar-refractivity contribution is 0.0789. The van der Waals surface area contributed by atoms with Gasteiger partial charge in [0.05, 0.1) is 0 Å². The predicted molar refractivity (Wildman–Crippen MR) is 67.7 cm³/mol. The van der Waals surface area contributed by atoms with Gasteiger partial charge in [-0.1, -0.05) is 19.1 Å². The van der Waals surface area contributed by atoms with Gasteiger partial charge in [-0.15, -0.1) is 0 Å². The summed E-state index contributed by atoms with van der Waals surface area (Å²) in [6, 6.07) is 7.52. The van der Waals surface area contributed by atoms with Crippen molar-refractivity contribution in [1.29, 1.82) is 0 Å². The highest BCUT2D eigenvalue weighted by Gasteiger charge is 2.30. The number of carbonyl (C=O) groups is 1. The highest BCUT2D eigenvalue weighted by molar-refractivity contribution is 5.94. The Hall–Kier alpha value is -1.39. The van der Waals surface area contributed by atoms with Crippen LogP contribution >= 0.6 is 0 Å². The van der Waals surface area contributed by atoms with E-state index in [4.69, 9.17) is 11.5 Å². The first-order chi connectivity index (χ1) is 8.11. The average molecular weight is 233 g/mol. The van der Waals surface area contributed by atoms with Gasteiger partial charge in [-0.05, 0) is 24.1 Å². The lowest BCUT2D eigenvalue weighted by Gasteiger charge is -2.15. The topological polar surface area (TPSA) is 72.3 Å². The molecule has 1 aromatic rings. The number of likely N-dealkylation sites (tertiary alicyclic amines) is 1. The van der Waals surface area contributed by atoms with Crippen molar-refractivity contribution in [3.63, 3.8) is 0 Å². The van der Waals surface area contributed by atoms with Crippen LogP contribution in [0, 0.1) is 0 Å². The fraction of sp³-hybridized carbons (Fsp3) is 0.462. The second-order valence-corrected chi connectivity index (χ2v) is 4.59. The van der Waals surface area contributed by atoms with Crippen LogP contribution in [0.3, 0.4) is 0 Å². The van der Waals surface area contributed by atoms with Gasteiger partial charge in [0.25, 0.3) is 5.91 Å². The third kappa shape index (κ3) is 2.48. The van der Waals surface area contributed by atoms with E-state index in [1.165, 1.54) is 5.56 Å². The first kappa shape index (κ1) is 12.1. The minimum absolute atomic E-state index is 0.0241. The maximum absolute atomic E-state index is 12.2.